The van der Waals surface area contributed by atoms with Crippen molar-refractivity contribution < 1.29 is 47.6 Å². The van der Waals surface area contributed by atoms with Gasteiger partial charge in [-0.2, -0.15) is 0 Å². The highest BCUT2D eigenvalue weighted by molar-refractivity contribution is 6.13. The van der Waals surface area contributed by atoms with Crippen LogP contribution in [0.4, 0.5) is 0 Å². The molecular weight excluding hydrogens is 450 g/mol. The number of rotatable bonds is 10. The zero-order valence-electron chi connectivity index (χ0n) is 20.2. The predicted molar refractivity (Wildman–Crippen MR) is 117 cm³/mol. The van der Waals surface area contributed by atoms with Crippen LogP contribution >= 0.6 is 0 Å². The van der Waals surface area contributed by atoms with Gasteiger partial charge in [-0.1, -0.05) is 19.3 Å². The zero-order chi connectivity index (χ0) is 25.1. The van der Waals surface area contributed by atoms with Crippen molar-refractivity contribution in [1.82, 2.24) is 5.32 Å². The third kappa shape index (κ3) is 8.28. The van der Waals surface area contributed by atoms with Gasteiger partial charge in [-0.3, -0.25) is 9.59 Å². The van der Waals surface area contributed by atoms with Gasteiger partial charge in [0.15, 0.2) is 24.1 Å². The van der Waals surface area contributed by atoms with E-state index in [1.54, 1.807) is 13.8 Å². The molecule has 1 aliphatic heterocycles. The van der Waals surface area contributed by atoms with Crippen LogP contribution in [0, 0.1) is 0 Å². The summed E-state index contributed by atoms with van der Waals surface area (Å²) in [4.78, 5) is 48.2. The van der Waals surface area contributed by atoms with Crippen LogP contribution in [-0.2, 0) is 47.6 Å². The van der Waals surface area contributed by atoms with E-state index >= 15 is 0 Å². The Morgan fingerprint density at radius 2 is 1.44 bits per heavy atom. The van der Waals surface area contributed by atoms with Crippen LogP contribution in [0.15, 0.2) is 11.8 Å². The molecule has 1 heterocycles. The molecule has 2 fully saturated rings. The molecule has 11 heteroatoms. The maximum Gasteiger partial charge on any atom is 0.347 e. The third-order valence-electron chi connectivity index (χ3n) is 5.34. The third-order valence-corrected chi connectivity index (χ3v) is 5.34. The number of nitrogens with one attached hydrogen (secondary N) is 1. The highest BCUT2D eigenvalue weighted by atomic mass is 16.7. The van der Waals surface area contributed by atoms with Gasteiger partial charge in [0.2, 0.25) is 0 Å². The van der Waals surface area contributed by atoms with E-state index in [4.69, 9.17) is 28.4 Å². The Kier molecular flexibility index (Phi) is 11.3. The maximum atomic E-state index is 12.2. The van der Waals surface area contributed by atoms with Crippen molar-refractivity contribution in [2.45, 2.75) is 90.4 Å². The molecule has 0 aromatic rings. The molecule has 1 saturated carbocycles. The Labute approximate surface area is 199 Å². The summed E-state index contributed by atoms with van der Waals surface area (Å²) in [7, 11) is 0. The van der Waals surface area contributed by atoms with Gasteiger partial charge in [0.1, 0.15) is 0 Å². The van der Waals surface area contributed by atoms with E-state index in [-0.39, 0.29) is 31.5 Å². The van der Waals surface area contributed by atoms with Crippen molar-refractivity contribution in [2.24, 2.45) is 0 Å². The first-order valence-electron chi connectivity index (χ1n) is 11.7. The second kappa shape index (κ2) is 13.9. The summed E-state index contributed by atoms with van der Waals surface area (Å²) in [6.45, 7) is 5.79. The van der Waals surface area contributed by atoms with E-state index in [2.05, 4.69) is 5.32 Å². The molecule has 1 saturated heterocycles. The van der Waals surface area contributed by atoms with E-state index in [9.17, 15) is 19.2 Å². The van der Waals surface area contributed by atoms with E-state index in [1.807, 2.05) is 0 Å². The van der Waals surface area contributed by atoms with Crippen LogP contribution in [-0.4, -0.2) is 74.3 Å². The quantitative estimate of drug-likeness (QED) is 0.159. The molecule has 0 aromatic carbocycles. The Hall–Kier alpha value is -2.66. The number of carbonyl (C=O) groups is 4. The number of carbonyl (C=O) groups excluding carboxylic acids is 4. The minimum Gasteiger partial charge on any atom is -0.462 e. The average molecular weight is 486 g/mol. The van der Waals surface area contributed by atoms with Crippen molar-refractivity contribution in [1.29, 1.82) is 0 Å². The van der Waals surface area contributed by atoms with Gasteiger partial charge in [-0.05, 0) is 26.7 Å². The molecule has 2 aliphatic rings. The first-order chi connectivity index (χ1) is 16.3. The lowest BCUT2D eigenvalue weighted by Gasteiger charge is -2.42. The summed E-state index contributed by atoms with van der Waals surface area (Å²) in [5.41, 5.74) is -0.366. The van der Waals surface area contributed by atoms with E-state index in [0.29, 0.717) is 0 Å². The smallest absolute Gasteiger partial charge is 0.347 e. The first kappa shape index (κ1) is 27.6. The van der Waals surface area contributed by atoms with Crippen LogP contribution < -0.4 is 5.32 Å². The van der Waals surface area contributed by atoms with Crippen molar-refractivity contribution in [3.63, 3.8) is 0 Å². The minimum absolute atomic E-state index is 0.0114. The monoisotopic (exact) mass is 485 g/mol. The fourth-order valence-corrected chi connectivity index (χ4v) is 3.89. The van der Waals surface area contributed by atoms with Gasteiger partial charge in [0.05, 0.1) is 32.0 Å². The molecule has 4 atom stereocenters. The molecule has 192 valence electrons. The molecule has 1 aliphatic carbocycles. The van der Waals surface area contributed by atoms with Crippen molar-refractivity contribution in [2.75, 3.05) is 19.8 Å². The fraction of sp³-hybridized carbons (Fsp3) is 0.739. The summed E-state index contributed by atoms with van der Waals surface area (Å²) >= 11 is 0. The van der Waals surface area contributed by atoms with Crippen LogP contribution in [0.1, 0.15) is 59.8 Å². The van der Waals surface area contributed by atoms with Crippen LogP contribution in [0.2, 0.25) is 0 Å². The highest BCUT2D eigenvalue weighted by Crippen LogP contribution is 2.28. The van der Waals surface area contributed by atoms with Crippen molar-refractivity contribution >= 4 is 23.9 Å². The fourth-order valence-electron chi connectivity index (χ4n) is 3.89. The van der Waals surface area contributed by atoms with Gasteiger partial charge in [0.25, 0.3) is 0 Å². The molecule has 34 heavy (non-hydrogen) atoms. The van der Waals surface area contributed by atoms with Crippen LogP contribution in [0.5, 0.6) is 0 Å². The Bertz CT molecular complexity index is 726. The maximum absolute atomic E-state index is 12.2. The molecule has 0 radical (unpaired) electrons. The molecule has 0 aromatic heterocycles. The Morgan fingerprint density at radius 1 is 0.882 bits per heavy atom. The first-order valence-corrected chi connectivity index (χ1v) is 11.7. The van der Waals surface area contributed by atoms with Gasteiger partial charge in [-0.15, -0.1) is 0 Å². The molecule has 0 unspecified atom stereocenters. The standard InChI is InChI=1S/C23H35NO10/c1-5-29-21(27)17(22(28)30-6-2)12-24-18-13-31-23(34-16-10-8-7-9-11-16)20(33-15(4)26)19(18)32-14(3)25/h12,16,18-20,23-24H,5-11,13H2,1-4H3/t18-,19-,20+,23+/m0/s1. The summed E-state index contributed by atoms with van der Waals surface area (Å²) in [5.74, 6) is -2.95. The lowest BCUT2D eigenvalue weighted by atomic mass is 9.97. The van der Waals surface area contributed by atoms with Crippen LogP contribution in [0.3, 0.4) is 0 Å². The van der Waals surface area contributed by atoms with E-state index < -0.39 is 48.4 Å². The number of ether oxygens (including phenoxy) is 6. The van der Waals surface area contributed by atoms with Gasteiger partial charge >= 0.3 is 23.9 Å². The van der Waals surface area contributed by atoms with Gasteiger partial charge < -0.3 is 33.7 Å². The highest BCUT2D eigenvalue weighted by Gasteiger charge is 2.46. The summed E-state index contributed by atoms with van der Waals surface area (Å²) < 4.78 is 32.7. The predicted octanol–water partition coefficient (Wildman–Crippen LogP) is 1.52. The van der Waals surface area contributed by atoms with Gasteiger partial charge in [0, 0.05) is 20.0 Å². The second-order valence-electron chi connectivity index (χ2n) is 8.02. The molecule has 2 rings (SSSR count). The van der Waals surface area contributed by atoms with Crippen molar-refractivity contribution in [3.05, 3.63) is 11.8 Å². The second-order valence-corrected chi connectivity index (χ2v) is 8.02. The van der Waals surface area contributed by atoms with E-state index in [0.717, 1.165) is 38.3 Å². The Balaban J connectivity index is 2.26. The molecule has 0 bridgehead atoms. The van der Waals surface area contributed by atoms with E-state index in [1.165, 1.54) is 13.8 Å². The summed E-state index contributed by atoms with van der Waals surface area (Å²) in [6, 6.07) is -0.765. The average Bonchev–Trinajstić information content (AvgIpc) is 2.77. The molecule has 0 amide bonds. The largest absolute Gasteiger partial charge is 0.462 e. The number of esters is 4. The topological polar surface area (TPSA) is 136 Å². The zero-order valence-corrected chi connectivity index (χ0v) is 20.2. The SMILES string of the molecule is CCOC(=O)C(=CN[C@H]1CO[C@H](OC2CCCCC2)[C@H](OC(C)=O)[C@H]1OC(C)=O)C(=O)OCC. The lowest BCUT2D eigenvalue weighted by molar-refractivity contribution is -0.275. The molecule has 11 nitrogen and oxygen atoms in total. The Morgan fingerprint density at radius 3 is 1.97 bits per heavy atom. The van der Waals surface area contributed by atoms with Crippen molar-refractivity contribution in [3.8, 4) is 0 Å². The van der Waals surface area contributed by atoms with Crippen LogP contribution in [0.25, 0.3) is 0 Å². The summed E-state index contributed by atoms with van der Waals surface area (Å²) in [6.07, 6.45) is 2.98. The normalized spacial score (nSPS) is 24.9. The molecular formula is C23H35NO10. The molecule has 0 spiro atoms. The minimum atomic E-state index is -1.06. The van der Waals surface area contributed by atoms with Gasteiger partial charge in [-0.25, -0.2) is 9.59 Å². The lowest BCUT2D eigenvalue weighted by Crippen LogP contribution is -2.61. The molecule has 1 N–H and O–H groups in total. The summed E-state index contributed by atoms with van der Waals surface area (Å²) in [5, 5.41) is 2.87. The number of hydrogen-bond donors (Lipinski definition) is 1. The number of hydrogen-bond acceptors (Lipinski definition) is 11.